The molecular weight excluding hydrogens is 222 g/mol. The van der Waals surface area contributed by atoms with E-state index in [-0.39, 0.29) is 5.70 Å². The number of carbonyl (C=O) groups is 1. The standard InChI is InChI=1S/C8H15NO5S/c1-5(9)4-8(2,3)6(7(10)11)15(12,13)14/h4,6H,9H2,1-3H3,(H,10,11)(H,12,13,14)/b5-4+. The minimum absolute atomic E-state index is 0.287. The lowest BCUT2D eigenvalue weighted by Gasteiger charge is -2.26. The predicted octanol–water partition coefficient (Wildman–Crippen LogP) is 0.216. The molecule has 4 N–H and O–H groups in total. The Kier molecular flexibility index (Phi) is 3.89. The number of rotatable bonds is 4. The van der Waals surface area contributed by atoms with Crippen LogP contribution in [-0.2, 0) is 14.9 Å². The van der Waals surface area contributed by atoms with Gasteiger partial charge in [0.05, 0.1) is 0 Å². The van der Waals surface area contributed by atoms with Gasteiger partial charge in [-0.15, -0.1) is 0 Å². The molecular formula is C8H15NO5S. The zero-order chi connectivity index (χ0) is 12.4. The molecule has 0 fully saturated rings. The monoisotopic (exact) mass is 237 g/mol. The molecule has 6 nitrogen and oxygen atoms in total. The Balaban J connectivity index is 5.48. The zero-order valence-corrected chi connectivity index (χ0v) is 9.58. The van der Waals surface area contributed by atoms with Gasteiger partial charge < -0.3 is 10.8 Å². The van der Waals surface area contributed by atoms with Crippen LogP contribution in [0.2, 0.25) is 0 Å². The second-order valence-electron chi connectivity index (χ2n) is 3.94. The van der Waals surface area contributed by atoms with Gasteiger partial charge in [-0.05, 0) is 6.92 Å². The maximum atomic E-state index is 10.9. The van der Waals surface area contributed by atoms with Crippen molar-refractivity contribution in [3.63, 3.8) is 0 Å². The van der Waals surface area contributed by atoms with Gasteiger partial charge in [0.25, 0.3) is 10.1 Å². The van der Waals surface area contributed by atoms with E-state index in [9.17, 15) is 13.2 Å². The highest BCUT2D eigenvalue weighted by Gasteiger charge is 2.43. The van der Waals surface area contributed by atoms with Crippen molar-refractivity contribution in [1.29, 1.82) is 0 Å². The number of carboxylic acids is 1. The average molecular weight is 237 g/mol. The lowest BCUT2D eigenvalue weighted by molar-refractivity contribution is -0.138. The van der Waals surface area contributed by atoms with Gasteiger partial charge in [-0.25, -0.2) is 0 Å². The van der Waals surface area contributed by atoms with Gasteiger partial charge in [-0.2, -0.15) is 8.42 Å². The minimum Gasteiger partial charge on any atom is -0.480 e. The van der Waals surface area contributed by atoms with Crippen molar-refractivity contribution < 1.29 is 22.9 Å². The summed E-state index contributed by atoms with van der Waals surface area (Å²) in [7, 11) is -4.67. The molecule has 0 aromatic carbocycles. The van der Waals surface area contributed by atoms with E-state index in [1.165, 1.54) is 26.8 Å². The summed E-state index contributed by atoms with van der Waals surface area (Å²) in [5, 5.41) is 6.82. The number of hydrogen-bond donors (Lipinski definition) is 3. The van der Waals surface area contributed by atoms with E-state index in [1.54, 1.807) is 0 Å². The van der Waals surface area contributed by atoms with Crippen LogP contribution in [0.4, 0.5) is 0 Å². The summed E-state index contributed by atoms with van der Waals surface area (Å²) in [5.41, 5.74) is 4.36. The smallest absolute Gasteiger partial charge is 0.325 e. The predicted molar refractivity (Wildman–Crippen MR) is 54.7 cm³/mol. The van der Waals surface area contributed by atoms with Crippen molar-refractivity contribution >= 4 is 16.1 Å². The van der Waals surface area contributed by atoms with Crippen LogP contribution < -0.4 is 5.73 Å². The number of carboxylic acid groups (broad SMARTS) is 1. The van der Waals surface area contributed by atoms with E-state index < -0.39 is 26.8 Å². The lowest BCUT2D eigenvalue weighted by Crippen LogP contribution is -2.42. The fourth-order valence-electron chi connectivity index (χ4n) is 1.49. The Morgan fingerprint density at radius 3 is 2.07 bits per heavy atom. The molecule has 0 aliphatic carbocycles. The molecule has 0 aliphatic heterocycles. The molecule has 1 atom stereocenters. The van der Waals surface area contributed by atoms with Crippen LogP contribution in [0, 0.1) is 5.41 Å². The van der Waals surface area contributed by atoms with E-state index in [2.05, 4.69) is 0 Å². The summed E-state index contributed by atoms with van der Waals surface area (Å²) in [4.78, 5) is 10.8. The summed E-state index contributed by atoms with van der Waals surface area (Å²) in [6.45, 7) is 4.25. The molecule has 0 bridgehead atoms. The number of nitrogens with two attached hydrogens (primary N) is 1. The summed E-state index contributed by atoms with van der Waals surface area (Å²) in [5.74, 6) is -1.61. The highest BCUT2D eigenvalue weighted by Crippen LogP contribution is 2.28. The third-order valence-electron chi connectivity index (χ3n) is 1.80. The fraction of sp³-hybridized carbons (Fsp3) is 0.625. The lowest BCUT2D eigenvalue weighted by atomic mass is 9.88. The van der Waals surface area contributed by atoms with E-state index in [0.29, 0.717) is 0 Å². The van der Waals surface area contributed by atoms with Crippen LogP contribution in [0.25, 0.3) is 0 Å². The largest absolute Gasteiger partial charge is 0.480 e. The minimum atomic E-state index is -4.67. The van der Waals surface area contributed by atoms with Crippen molar-refractivity contribution in [2.24, 2.45) is 11.1 Å². The third-order valence-corrected chi connectivity index (χ3v) is 3.20. The van der Waals surface area contributed by atoms with Crippen LogP contribution in [-0.4, -0.2) is 29.3 Å². The van der Waals surface area contributed by atoms with Crippen molar-refractivity contribution in [2.45, 2.75) is 26.0 Å². The Bertz CT molecular complexity index is 378. The fourth-order valence-corrected chi connectivity index (χ4v) is 2.58. The van der Waals surface area contributed by atoms with Gasteiger partial charge in [-0.1, -0.05) is 19.9 Å². The van der Waals surface area contributed by atoms with Crippen molar-refractivity contribution in [3.05, 3.63) is 11.8 Å². The summed E-state index contributed by atoms with van der Waals surface area (Å²) in [6, 6.07) is 0. The van der Waals surface area contributed by atoms with Crippen molar-refractivity contribution in [2.75, 3.05) is 0 Å². The molecule has 0 radical (unpaired) electrons. The molecule has 0 amide bonds. The van der Waals surface area contributed by atoms with Gasteiger partial charge in [0.2, 0.25) is 0 Å². The van der Waals surface area contributed by atoms with Gasteiger partial charge in [0.15, 0.2) is 5.25 Å². The first kappa shape index (κ1) is 13.9. The summed E-state index contributed by atoms with van der Waals surface area (Å²) >= 11 is 0. The number of aliphatic carboxylic acids is 1. The van der Waals surface area contributed by atoms with Gasteiger partial charge >= 0.3 is 5.97 Å². The first-order valence-corrected chi connectivity index (χ1v) is 5.63. The highest BCUT2D eigenvalue weighted by atomic mass is 32.2. The molecule has 7 heteroatoms. The Hall–Kier alpha value is -1.08. The van der Waals surface area contributed by atoms with Crippen LogP contribution in [0.3, 0.4) is 0 Å². The Labute approximate surface area is 88.5 Å². The van der Waals surface area contributed by atoms with Crippen molar-refractivity contribution in [1.82, 2.24) is 0 Å². The van der Waals surface area contributed by atoms with Crippen LogP contribution >= 0.6 is 0 Å². The van der Waals surface area contributed by atoms with Crippen LogP contribution in [0.5, 0.6) is 0 Å². The Morgan fingerprint density at radius 2 is 1.87 bits per heavy atom. The molecule has 0 saturated heterocycles. The average Bonchev–Trinajstić information content (AvgIpc) is 1.74. The first-order chi connectivity index (χ1) is 6.48. The highest BCUT2D eigenvalue weighted by molar-refractivity contribution is 7.87. The molecule has 15 heavy (non-hydrogen) atoms. The van der Waals surface area contributed by atoms with Gasteiger partial charge in [-0.3, -0.25) is 9.35 Å². The van der Waals surface area contributed by atoms with Crippen LogP contribution in [0.15, 0.2) is 11.8 Å². The van der Waals surface area contributed by atoms with Crippen molar-refractivity contribution in [3.8, 4) is 0 Å². The molecule has 0 saturated carbocycles. The van der Waals surface area contributed by atoms with E-state index in [4.69, 9.17) is 15.4 Å². The van der Waals surface area contributed by atoms with E-state index in [1.807, 2.05) is 0 Å². The molecule has 0 aromatic rings. The second kappa shape index (κ2) is 4.19. The quantitative estimate of drug-likeness (QED) is 0.602. The van der Waals surface area contributed by atoms with E-state index in [0.717, 1.165) is 0 Å². The zero-order valence-electron chi connectivity index (χ0n) is 8.76. The maximum Gasteiger partial charge on any atom is 0.325 e. The number of allylic oxidation sites excluding steroid dienone is 2. The van der Waals surface area contributed by atoms with Crippen LogP contribution in [0.1, 0.15) is 20.8 Å². The van der Waals surface area contributed by atoms with Gasteiger partial charge in [0.1, 0.15) is 0 Å². The van der Waals surface area contributed by atoms with E-state index >= 15 is 0 Å². The van der Waals surface area contributed by atoms with Gasteiger partial charge in [0, 0.05) is 11.1 Å². The maximum absolute atomic E-state index is 10.9. The molecule has 1 unspecified atom stereocenters. The summed E-state index contributed by atoms with van der Waals surface area (Å²) in [6.07, 6.45) is 1.29. The molecule has 0 rings (SSSR count). The SMILES string of the molecule is C/C(N)=C\C(C)(C)C(C(=O)O)S(=O)(=O)O. The molecule has 88 valence electrons. The normalized spacial score (nSPS) is 16.1. The molecule has 0 aromatic heterocycles. The summed E-state index contributed by atoms with van der Waals surface area (Å²) < 4.78 is 30.6. The third kappa shape index (κ3) is 3.88. The topological polar surface area (TPSA) is 118 Å². The molecule has 0 heterocycles. The molecule has 0 aliphatic rings. The Morgan fingerprint density at radius 1 is 1.47 bits per heavy atom. The second-order valence-corrected chi connectivity index (χ2v) is 5.44. The first-order valence-electron chi connectivity index (χ1n) is 4.12. The number of hydrogen-bond acceptors (Lipinski definition) is 4. The molecule has 0 spiro atoms.